The summed E-state index contributed by atoms with van der Waals surface area (Å²) >= 11 is 0. The molecule has 158 valence electrons. The van der Waals surface area contributed by atoms with Gasteiger partial charge in [0.15, 0.2) is 0 Å². The molecule has 1 heterocycles. The molecule has 0 radical (unpaired) electrons. The molecule has 5 rings (SSSR count). The van der Waals surface area contributed by atoms with Gasteiger partial charge in [-0.15, -0.1) is 0 Å². The van der Waals surface area contributed by atoms with Crippen molar-refractivity contribution in [2.45, 2.75) is 56.9 Å². The Morgan fingerprint density at radius 1 is 1.00 bits per heavy atom. The Bertz CT molecular complexity index is 899. The molecule has 0 aromatic heterocycles. The number of hydrogen-bond acceptors (Lipinski definition) is 3. The second-order valence-electron chi connectivity index (χ2n) is 9.14. The molecule has 1 aliphatic heterocycles. The smallest absolute Gasteiger partial charge is 0.119 e. The van der Waals surface area contributed by atoms with Gasteiger partial charge in [-0.3, -0.25) is 0 Å². The highest BCUT2D eigenvalue weighted by Gasteiger charge is 2.38. The summed E-state index contributed by atoms with van der Waals surface area (Å²) in [6, 6.07) is 15.4. The van der Waals surface area contributed by atoms with Crippen LogP contribution in [0.2, 0.25) is 0 Å². The van der Waals surface area contributed by atoms with Crippen LogP contribution in [0, 0.1) is 11.8 Å². The summed E-state index contributed by atoms with van der Waals surface area (Å²) in [6.45, 7) is 0.841. The van der Waals surface area contributed by atoms with E-state index in [0.29, 0.717) is 17.9 Å². The maximum absolute atomic E-state index is 6.20. The Morgan fingerprint density at radius 2 is 1.90 bits per heavy atom. The van der Waals surface area contributed by atoms with Crippen LogP contribution in [0.15, 0.2) is 54.6 Å². The Hall–Kier alpha value is -2.42. The summed E-state index contributed by atoms with van der Waals surface area (Å²) in [6.07, 6.45) is 14.0. The first-order valence-corrected chi connectivity index (χ1v) is 11.7. The van der Waals surface area contributed by atoms with E-state index < -0.39 is 0 Å². The first kappa shape index (κ1) is 19.5. The SMILES string of the molecule is COc1cccc(C2Nc3ccc(OCCC4CCCCC4)cc3C3C=CCC32)c1. The summed E-state index contributed by atoms with van der Waals surface area (Å²) < 4.78 is 11.7. The highest BCUT2D eigenvalue weighted by Crippen LogP contribution is 2.50. The second-order valence-corrected chi connectivity index (χ2v) is 9.14. The Labute approximate surface area is 180 Å². The lowest BCUT2D eigenvalue weighted by atomic mass is 9.77. The fourth-order valence-electron chi connectivity index (χ4n) is 5.65. The number of fused-ring (bicyclic) bond motifs is 3. The molecule has 2 aromatic carbocycles. The summed E-state index contributed by atoms with van der Waals surface area (Å²) in [5.41, 5.74) is 3.91. The molecule has 0 bridgehead atoms. The van der Waals surface area contributed by atoms with Gasteiger partial charge in [-0.1, -0.05) is 56.4 Å². The maximum atomic E-state index is 6.20. The third-order valence-corrected chi connectivity index (χ3v) is 7.31. The van der Waals surface area contributed by atoms with Gasteiger partial charge in [0.05, 0.1) is 19.8 Å². The van der Waals surface area contributed by atoms with Crippen LogP contribution >= 0.6 is 0 Å². The maximum Gasteiger partial charge on any atom is 0.119 e. The Morgan fingerprint density at radius 3 is 2.77 bits per heavy atom. The van der Waals surface area contributed by atoms with Crippen LogP contribution in [0.1, 0.15) is 68.0 Å². The zero-order valence-corrected chi connectivity index (χ0v) is 18.0. The van der Waals surface area contributed by atoms with E-state index in [1.54, 1.807) is 7.11 Å². The zero-order valence-electron chi connectivity index (χ0n) is 18.0. The number of anilines is 1. The van der Waals surface area contributed by atoms with Crippen molar-refractivity contribution in [2.75, 3.05) is 19.0 Å². The number of benzene rings is 2. The van der Waals surface area contributed by atoms with Crippen molar-refractivity contribution in [3.05, 3.63) is 65.7 Å². The lowest BCUT2D eigenvalue weighted by Gasteiger charge is -2.37. The van der Waals surface area contributed by atoms with Gasteiger partial charge < -0.3 is 14.8 Å². The van der Waals surface area contributed by atoms with E-state index in [4.69, 9.17) is 9.47 Å². The molecular weight excluding hydrogens is 370 g/mol. The molecule has 2 aromatic rings. The number of rotatable bonds is 6. The predicted molar refractivity (Wildman–Crippen MR) is 122 cm³/mol. The van der Waals surface area contributed by atoms with E-state index >= 15 is 0 Å². The highest BCUT2D eigenvalue weighted by molar-refractivity contribution is 5.62. The largest absolute Gasteiger partial charge is 0.497 e. The number of methoxy groups -OCH3 is 1. The molecule has 3 atom stereocenters. The summed E-state index contributed by atoms with van der Waals surface area (Å²) in [5.74, 6) is 3.78. The fourth-order valence-corrected chi connectivity index (χ4v) is 5.65. The molecule has 30 heavy (non-hydrogen) atoms. The van der Waals surface area contributed by atoms with Gasteiger partial charge >= 0.3 is 0 Å². The molecule has 3 aliphatic rings. The Kier molecular flexibility index (Phi) is 5.70. The first-order valence-electron chi connectivity index (χ1n) is 11.7. The van der Waals surface area contributed by atoms with Crippen LogP contribution in [0.5, 0.6) is 11.5 Å². The van der Waals surface area contributed by atoms with Gasteiger partial charge in [0.25, 0.3) is 0 Å². The third kappa shape index (κ3) is 3.95. The van der Waals surface area contributed by atoms with Crippen molar-refractivity contribution in [3.8, 4) is 11.5 Å². The molecule has 1 fully saturated rings. The predicted octanol–water partition coefficient (Wildman–Crippen LogP) is 6.87. The molecule has 0 spiro atoms. The highest BCUT2D eigenvalue weighted by atomic mass is 16.5. The van der Waals surface area contributed by atoms with E-state index in [-0.39, 0.29) is 0 Å². The van der Waals surface area contributed by atoms with Crippen molar-refractivity contribution in [1.29, 1.82) is 0 Å². The minimum Gasteiger partial charge on any atom is -0.497 e. The number of allylic oxidation sites excluding steroid dienone is 2. The van der Waals surface area contributed by atoms with Gasteiger partial charge in [-0.05, 0) is 66.1 Å². The van der Waals surface area contributed by atoms with Crippen molar-refractivity contribution in [3.63, 3.8) is 0 Å². The second kappa shape index (κ2) is 8.75. The zero-order chi connectivity index (χ0) is 20.3. The van der Waals surface area contributed by atoms with E-state index in [2.05, 4.69) is 53.9 Å². The number of ether oxygens (including phenoxy) is 2. The molecule has 2 aliphatic carbocycles. The van der Waals surface area contributed by atoms with E-state index in [9.17, 15) is 0 Å². The van der Waals surface area contributed by atoms with E-state index in [0.717, 1.165) is 30.4 Å². The summed E-state index contributed by atoms with van der Waals surface area (Å²) in [4.78, 5) is 0. The standard InChI is InChI=1S/C27H33NO2/c1-29-21-10-5-9-20(17-21)27-24-12-6-11-23(24)25-18-22(13-14-26(25)28-27)30-16-15-19-7-3-2-4-8-19/h5-6,9-11,13-14,17-19,23-24,27-28H,2-4,7-8,12,15-16H2,1H3. The lowest BCUT2D eigenvalue weighted by molar-refractivity contribution is 0.246. The Balaban J connectivity index is 1.32. The first-order chi connectivity index (χ1) is 14.8. The van der Waals surface area contributed by atoms with Gasteiger partial charge in [0.1, 0.15) is 11.5 Å². The van der Waals surface area contributed by atoms with Crippen molar-refractivity contribution in [1.82, 2.24) is 0 Å². The third-order valence-electron chi connectivity index (χ3n) is 7.31. The van der Waals surface area contributed by atoms with Crippen molar-refractivity contribution >= 4 is 5.69 Å². The average Bonchev–Trinajstić information content (AvgIpc) is 3.30. The van der Waals surface area contributed by atoms with E-state index in [1.807, 2.05) is 6.07 Å². The summed E-state index contributed by atoms with van der Waals surface area (Å²) in [7, 11) is 1.73. The van der Waals surface area contributed by atoms with Crippen LogP contribution < -0.4 is 14.8 Å². The molecule has 0 amide bonds. The normalized spacial score (nSPS) is 25.3. The molecule has 0 saturated heterocycles. The monoisotopic (exact) mass is 403 g/mol. The molecule has 1 saturated carbocycles. The molecule has 3 heteroatoms. The minimum atomic E-state index is 0.297. The van der Waals surface area contributed by atoms with Crippen molar-refractivity contribution in [2.24, 2.45) is 11.8 Å². The molecule has 3 nitrogen and oxygen atoms in total. The number of nitrogens with one attached hydrogen (secondary N) is 1. The molecule has 3 unspecified atom stereocenters. The van der Waals surface area contributed by atoms with Gasteiger partial charge in [0.2, 0.25) is 0 Å². The lowest BCUT2D eigenvalue weighted by Crippen LogP contribution is -2.29. The van der Waals surface area contributed by atoms with E-state index in [1.165, 1.54) is 55.3 Å². The van der Waals surface area contributed by atoms with Gasteiger partial charge in [-0.25, -0.2) is 0 Å². The van der Waals surface area contributed by atoms with Crippen LogP contribution in [0.4, 0.5) is 5.69 Å². The van der Waals surface area contributed by atoms with Crippen molar-refractivity contribution < 1.29 is 9.47 Å². The molecular formula is C27H33NO2. The van der Waals surface area contributed by atoms with Gasteiger partial charge in [-0.2, -0.15) is 0 Å². The van der Waals surface area contributed by atoms with Crippen LogP contribution in [-0.4, -0.2) is 13.7 Å². The number of hydrogen-bond donors (Lipinski definition) is 1. The quantitative estimate of drug-likeness (QED) is 0.534. The fraction of sp³-hybridized carbons (Fsp3) is 0.481. The topological polar surface area (TPSA) is 30.5 Å². The molecule has 1 N–H and O–H groups in total. The van der Waals surface area contributed by atoms with Crippen LogP contribution in [0.25, 0.3) is 0 Å². The van der Waals surface area contributed by atoms with Crippen LogP contribution in [-0.2, 0) is 0 Å². The minimum absolute atomic E-state index is 0.297. The average molecular weight is 404 g/mol. The van der Waals surface area contributed by atoms with Gasteiger partial charge in [0, 0.05) is 11.6 Å². The van der Waals surface area contributed by atoms with Crippen LogP contribution in [0.3, 0.4) is 0 Å². The summed E-state index contributed by atoms with van der Waals surface area (Å²) in [5, 5.41) is 3.82.